The number of rotatable bonds is 4. The van der Waals surface area contributed by atoms with E-state index in [1.165, 1.54) is 11.1 Å². The molecule has 3 nitrogen and oxygen atoms in total. The molecule has 1 aliphatic rings. The number of ether oxygens (including phenoxy) is 1. The van der Waals surface area contributed by atoms with Crippen LogP contribution < -0.4 is 10.1 Å². The van der Waals surface area contributed by atoms with Crippen LogP contribution >= 0.6 is 0 Å². The highest BCUT2D eigenvalue weighted by molar-refractivity contribution is 5.91. The van der Waals surface area contributed by atoms with E-state index in [2.05, 4.69) is 11.4 Å². The summed E-state index contributed by atoms with van der Waals surface area (Å²) in [4.78, 5) is 11.9. The van der Waals surface area contributed by atoms with Gasteiger partial charge in [-0.05, 0) is 47.4 Å². The molecule has 3 heteroatoms. The van der Waals surface area contributed by atoms with E-state index in [0.717, 1.165) is 29.9 Å². The van der Waals surface area contributed by atoms with Crippen molar-refractivity contribution in [3.05, 3.63) is 70.8 Å². The number of fused-ring (bicyclic) bond motifs is 1. The van der Waals surface area contributed by atoms with Gasteiger partial charge in [-0.25, -0.2) is 0 Å². The molecule has 0 aliphatic carbocycles. The molecular formula is C19H19NO2. The van der Waals surface area contributed by atoms with Crippen LogP contribution in [0.4, 0.5) is 0 Å². The number of aryl methyl sites for hydroxylation is 1. The molecular weight excluding hydrogens is 274 g/mol. The number of amides is 1. The van der Waals surface area contributed by atoms with Crippen LogP contribution in [0.15, 0.2) is 48.5 Å². The molecule has 0 spiro atoms. The molecule has 0 aromatic heterocycles. The number of carbonyl (C=O) groups is 1. The van der Waals surface area contributed by atoms with E-state index in [-0.39, 0.29) is 5.91 Å². The number of nitrogens with one attached hydrogen (secondary N) is 1. The van der Waals surface area contributed by atoms with Crippen LogP contribution in [0.25, 0.3) is 6.08 Å². The quantitative estimate of drug-likeness (QED) is 0.879. The van der Waals surface area contributed by atoms with Crippen molar-refractivity contribution in [1.29, 1.82) is 0 Å². The van der Waals surface area contributed by atoms with Gasteiger partial charge < -0.3 is 10.1 Å². The normalized spacial score (nSPS) is 13.0. The highest BCUT2D eigenvalue weighted by Crippen LogP contribution is 2.26. The standard InChI is InChI=1S/C19H19NO2/c1-14-4-2-3-5-17(14)13-20-19(21)9-7-15-6-8-18-16(12-15)10-11-22-18/h2-9,12H,10-11,13H2,1H3,(H,20,21)/b9-7+. The van der Waals surface area contributed by atoms with Crippen molar-refractivity contribution in [3.8, 4) is 5.75 Å². The Bertz CT molecular complexity index is 719. The molecule has 1 aliphatic heterocycles. The molecule has 22 heavy (non-hydrogen) atoms. The van der Waals surface area contributed by atoms with Crippen LogP contribution in [0.1, 0.15) is 22.3 Å². The van der Waals surface area contributed by atoms with Crippen molar-refractivity contribution < 1.29 is 9.53 Å². The zero-order valence-electron chi connectivity index (χ0n) is 12.6. The Balaban J connectivity index is 1.58. The maximum absolute atomic E-state index is 11.9. The van der Waals surface area contributed by atoms with E-state index in [4.69, 9.17) is 4.74 Å². The average Bonchev–Trinajstić information content (AvgIpc) is 2.99. The van der Waals surface area contributed by atoms with E-state index >= 15 is 0 Å². The van der Waals surface area contributed by atoms with Gasteiger partial charge in [0.2, 0.25) is 5.91 Å². The first-order valence-electron chi connectivity index (χ1n) is 7.48. The molecule has 112 valence electrons. The summed E-state index contributed by atoms with van der Waals surface area (Å²) in [6, 6.07) is 14.1. The number of carbonyl (C=O) groups excluding carboxylic acids is 1. The molecule has 0 fully saturated rings. The minimum atomic E-state index is -0.0833. The van der Waals surface area contributed by atoms with Crippen molar-refractivity contribution in [3.63, 3.8) is 0 Å². The van der Waals surface area contributed by atoms with Crippen molar-refractivity contribution in [1.82, 2.24) is 5.32 Å². The second kappa shape index (κ2) is 6.48. The van der Waals surface area contributed by atoms with E-state index in [0.29, 0.717) is 6.54 Å². The first-order chi connectivity index (χ1) is 10.7. The predicted molar refractivity (Wildman–Crippen MR) is 87.7 cm³/mol. The summed E-state index contributed by atoms with van der Waals surface area (Å²) in [5, 5.41) is 2.91. The van der Waals surface area contributed by atoms with Crippen LogP contribution in [0, 0.1) is 6.92 Å². The summed E-state index contributed by atoms with van der Waals surface area (Å²) in [6.07, 6.45) is 4.36. The number of benzene rings is 2. The van der Waals surface area contributed by atoms with Crippen LogP contribution in [0.2, 0.25) is 0 Å². The SMILES string of the molecule is Cc1ccccc1CNC(=O)/C=C/c1ccc2c(c1)CCO2. The minimum absolute atomic E-state index is 0.0833. The lowest BCUT2D eigenvalue weighted by atomic mass is 10.1. The molecule has 1 amide bonds. The van der Waals surface area contributed by atoms with Crippen molar-refractivity contribution >= 4 is 12.0 Å². The van der Waals surface area contributed by atoms with Crippen LogP contribution in [0.5, 0.6) is 5.75 Å². The molecule has 0 saturated heterocycles. The van der Waals surface area contributed by atoms with Gasteiger partial charge in [-0.1, -0.05) is 30.3 Å². The molecule has 2 aromatic carbocycles. The van der Waals surface area contributed by atoms with Gasteiger partial charge in [-0.2, -0.15) is 0 Å². The van der Waals surface area contributed by atoms with Gasteiger partial charge in [-0.15, -0.1) is 0 Å². The van der Waals surface area contributed by atoms with Gasteiger partial charge in [0.05, 0.1) is 6.61 Å². The summed E-state index contributed by atoms with van der Waals surface area (Å²) in [5.41, 5.74) is 4.56. The van der Waals surface area contributed by atoms with Crippen LogP contribution in [0.3, 0.4) is 0 Å². The summed E-state index contributed by atoms with van der Waals surface area (Å²) in [6.45, 7) is 3.34. The van der Waals surface area contributed by atoms with Crippen LogP contribution in [-0.2, 0) is 17.8 Å². The highest BCUT2D eigenvalue weighted by Gasteiger charge is 2.11. The van der Waals surface area contributed by atoms with Gasteiger partial charge >= 0.3 is 0 Å². The maximum Gasteiger partial charge on any atom is 0.244 e. The molecule has 3 rings (SSSR count). The first-order valence-corrected chi connectivity index (χ1v) is 7.48. The molecule has 1 N–H and O–H groups in total. The lowest BCUT2D eigenvalue weighted by Gasteiger charge is -2.05. The topological polar surface area (TPSA) is 38.3 Å². The van der Waals surface area contributed by atoms with E-state index in [9.17, 15) is 4.79 Å². The lowest BCUT2D eigenvalue weighted by Crippen LogP contribution is -2.20. The van der Waals surface area contributed by atoms with Crippen LogP contribution in [-0.4, -0.2) is 12.5 Å². The van der Waals surface area contributed by atoms with Gasteiger partial charge in [0.15, 0.2) is 0 Å². The molecule has 2 aromatic rings. The molecule has 0 unspecified atom stereocenters. The van der Waals surface area contributed by atoms with Gasteiger partial charge in [0.25, 0.3) is 0 Å². The Kier molecular flexibility index (Phi) is 4.24. The van der Waals surface area contributed by atoms with Gasteiger partial charge in [-0.3, -0.25) is 4.79 Å². The Hall–Kier alpha value is -2.55. The van der Waals surface area contributed by atoms with Crippen molar-refractivity contribution in [2.24, 2.45) is 0 Å². The first kappa shape index (κ1) is 14.4. The monoisotopic (exact) mass is 293 g/mol. The Morgan fingerprint density at radius 2 is 2.14 bits per heavy atom. The Labute approximate surface area is 130 Å². The molecule has 0 atom stereocenters. The fourth-order valence-corrected chi connectivity index (χ4v) is 2.53. The Morgan fingerprint density at radius 3 is 3.00 bits per heavy atom. The smallest absolute Gasteiger partial charge is 0.244 e. The van der Waals surface area contributed by atoms with E-state index < -0.39 is 0 Å². The molecule has 0 saturated carbocycles. The maximum atomic E-state index is 11.9. The third-order valence-electron chi connectivity index (χ3n) is 3.85. The predicted octanol–water partition coefficient (Wildman–Crippen LogP) is 3.26. The second-order valence-corrected chi connectivity index (χ2v) is 5.44. The fraction of sp³-hybridized carbons (Fsp3) is 0.211. The summed E-state index contributed by atoms with van der Waals surface area (Å²) >= 11 is 0. The van der Waals surface area contributed by atoms with Gasteiger partial charge in [0, 0.05) is 19.0 Å². The zero-order chi connectivity index (χ0) is 15.4. The third-order valence-corrected chi connectivity index (χ3v) is 3.85. The van der Waals surface area contributed by atoms with E-state index in [1.54, 1.807) is 6.08 Å². The molecule has 1 heterocycles. The Morgan fingerprint density at radius 1 is 1.27 bits per heavy atom. The second-order valence-electron chi connectivity index (χ2n) is 5.44. The highest BCUT2D eigenvalue weighted by atomic mass is 16.5. The van der Waals surface area contributed by atoms with Gasteiger partial charge in [0.1, 0.15) is 5.75 Å². The van der Waals surface area contributed by atoms with Crippen molar-refractivity contribution in [2.75, 3.05) is 6.61 Å². The van der Waals surface area contributed by atoms with E-state index in [1.807, 2.05) is 49.4 Å². The summed E-state index contributed by atoms with van der Waals surface area (Å²) in [5.74, 6) is 0.876. The average molecular weight is 293 g/mol. The molecule has 0 radical (unpaired) electrons. The molecule has 0 bridgehead atoms. The fourth-order valence-electron chi connectivity index (χ4n) is 2.53. The minimum Gasteiger partial charge on any atom is -0.493 e. The third kappa shape index (κ3) is 3.37. The lowest BCUT2D eigenvalue weighted by molar-refractivity contribution is -0.116. The zero-order valence-corrected chi connectivity index (χ0v) is 12.6. The summed E-state index contributed by atoms with van der Waals surface area (Å²) in [7, 11) is 0. The number of hydrogen-bond donors (Lipinski definition) is 1. The largest absolute Gasteiger partial charge is 0.493 e. The summed E-state index contributed by atoms with van der Waals surface area (Å²) < 4.78 is 5.47. The van der Waals surface area contributed by atoms with Crippen molar-refractivity contribution in [2.45, 2.75) is 19.9 Å². The number of hydrogen-bond acceptors (Lipinski definition) is 2.